The highest BCUT2D eigenvalue weighted by Crippen LogP contribution is 2.34. The number of rotatable bonds is 0. The van der Waals surface area contributed by atoms with Gasteiger partial charge >= 0.3 is 0 Å². The van der Waals surface area contributed by atoms with Crippen LogP contribution in [0.5, 0.6) is 0 Å². The maximum absolute atomic E-state index is 11.8. The largest absolute Gasteiger partial charge is 0.314 e. The molecule has 74 valence electrons. The Morgan fingerprint density at radius 2 is 2.14 bits per heavy atom. The monoisotopic (exact) mass is 207 g/mol. The first-order valence-electron chi connectivity index (χ1n) is 4.69. The van der Waals surface area contributed by atoms with E-state index in [0.29, 0.717) is 0 Å². The van der Waals surface area contributed by atoms with Crippen LogP contribution in [0.15, 0.2) is 29.2 Å². The van der Waals surface area contributed by atoms with E-state index in [1.165, 1.54) is 4.90 Å². The summed E-state index contributed by atoms with van der Waals surface area (Å²) in [5.41, 5.74) is 1.03. The Morgan fingerprint density at radius 1 is 1.43 bits per heavy atom. The molecule has 0 aromatic heterocycles. The lowest BCUT2D eigenvalue weighted by Gasteiger charge is -2.18. The summed E-state index contributed by atoms with van der Waals surface area (Å²) in [4.78, 5) is 14.8. The summed E-state index contributed by atoms with van der Waals surface area (Å²) in [5, 5.41) is 0. The number of para-hydroxylation sites is 1. The van der Waals surface area contributed by atoms with Crippen molar-refractivity contribution in [2.45, 2.75) is 11.8 Å². The Morgan fingerprint density at radius 3 is 2.93 bits per heavy atom. The van der Waals surface area contributed by atoms with E-state index in [-0.39, 0.29) is 11.8 Å². The van der Waals surface area contributed by atoms with Crippen LogP contribution in [0.1, 0.15) is 6.92 Å². The number of thioether (sulfide) groups is 1. The molecule has 1 aliphatic heterocycles. The Kier molecular flexibility index (Phi) is 2.50. The van der Waals surface area contributed by atoms with Crippen LogP contribution in [0.4, 0.5) is 5.69 Å². The van der Waals surface area contributed by atoms with Crippen molar-refractivity contribution < 1.29 is 4.79 Å². The van der Waals surface area contributed by atoms with Gasteiger partial charge in [-0.1, -0.05) is 19.1 Å². The van der Waals surface area contributed by atoms with Crippen molar-refractivity contribution in [3.05, 3.63) is 24.3 Å². The second-order valence-corrected chi connectivity index (χ2v) is 4.64. The SMILES string of the molecule is C[C@H]1CSc2ccccc2N(C)C1=O. The van der Waals surface area contributed by atoms with Gasteiger partial charge < -0.3 is 4.90 Å². The van der Waals surface area contributed by atoms with E-state index >= 15 is 0 Å². The highest BCUT2D eigenvalue weighted by Gasteiger charge is 2.24. The molecule has 1 aromatic rings. The zero-order valence-electron chi connectivity index (χ0n) is 8.36. The van der Waals surface area contributed by atoms with Crippen molar-refractivity contribution >= 4 is 23.4 Å². The summed E-state index contributed by atoms with van der Waals surface area (Å²) in [6, 6.07) is 8.05. The van der Waals surface area contributed by atoms with Crippen molar-refractivity contribution in [1.29, 1.82) is 0 Å². The lowest BCUT2D eigenvalue weighted by Crippen LogP contribution is -2.31. The molecular formula is C11H13NOS. The van der Waals surface area contributed by atoms with Gasteiger partial charge in [-0.2, -0.15) is 0 Å². The number of hydrogen-bond acceptors (Lipinski definition) is 2. The Bertz CT molecular complexity index is 364. The lowest BCUT2D eigenvalue weighted by atomic mass is 10.2. The fraction of sp³-hybridized carbons (Fsp3) is 0.364. The number of benzene rings is 1. The smallest absolute Gasteiger partial charge is 0.230 e. The van der Waals surface area contributed by atoms with E-state index < -0.39 is 0 Å². The van der Waals surface area contributed by atoms with Crippen molar-refractivity contribution in [3.63, 3.8) is 0 Å². The number of anilines is 1. The fourth-order valence-corrected chi connectivity index (χ4v) is 2.69. The van der Waals surface area contributed by atoms with Crippen LogP contribution in [0, 0.1) is 5.92 Å². The summed E-state index contributed by atoms with van der Waals surface area (Å²) >= 11 is 1.76. The molecule has 0 N–H and O–H groups in total. The molecule has 3 heteroatoms. The summed E-state index contributed by atoms with van der Waals surface area (Å²) in [6.07, 6.45) is 0. The molecule has 1 aliphatic rings. The summed E-state index contributed by atoms with van der Waals surface area (Å²) in [7, 11) is 1.85. The van der Waals surface area contributed by atoms with Gasteiger partial charge in [0.1, 0.15) is 0 Å². The number of hydrogen-bond donors (Lipinski definition) is 0. The van der Waals surface area contributed by atoms with Crippen LogP contribution in [0.25, 0.3) is 0 Å². The van der Waals surface area contributed by atoms with E-state index in [2.05, 4.69) is 6.07 Å². The molecule has 0 bridgehead atoms. The van der Waals surface area contributed by atoms with Crippen LogP contribution < -0.4 is 4.90 Å². The second kappa shape index (κ2) is 3.65. The van der Waals surface area contributed by atoms with Crippen molar-refractivity contribution in [1.82, 2.24) is 0 Å². The fourth-order valence-electron chi connectivity index (χ4n) is 1.59. The Balaban J connectivity index is 2.45. The minimum atomic E-state index is 0.109. The number of carbonyl (C=O) groups excluding carboxylic acids is 1. The van der Waals surface area contributed by atoms with E-state index in [4.69, 9.17) is 0 Å². The molecule has 0 fully saturated rings. The Labute approximate surface area is 88.3 Å². The molecule has 0 aliphatic carbocycles. The van der Waals surface area contributed by atoms with E-state index in [1.54, 1.807) is 16.7 Å². The predicted octanol–water partition coefficient (Wildman–Crippen LogP) is 2.39. The normalized spacial score (nSPS) is 21.7. The standard InChI is InChI=1S/C11H13NOS/c1-8-7-14-10-6-4-3-5-9(10)12(2)11(8)13/h3-6,8H,7H2,1-2H3/t8-/m0/s1. The van der Waals surface area contributed by atoms with Gasteiger partial charge in [0, 0.05) is 23.6 Å². The van der Waals surface area contributed by atoms with Gasteiger partial charge in [-0.15, -0.1) is 11.8 Å². The molecular weight excluding hydrogens is 194 g/mol. The third kappa shape index (κ3) is 1.52. The first-order chi connectivity index (χ1) is 6.70. The number of nitrogens with zero attached hydrogens (tertiary/aromatic N) is 1. The minimum Gasteiger partial charge on any atom is -0.314 e. The molecule has 0 unspecified atom stereocenters. The number of carbonyl (C=O) groups is 1. The molecule has 2 nitrogen and oxygen atoms in total. The van der Waals surface area contributed by atoms with Gasteiger partial charge in [-0.25, -0.2) is 0 Å². The highest BCUT2D eigenvalue weighted by molar-refractivity contribution is 7.99. The molecule has 1 amide bonds. The Hall–Kier alpha value is -0.960. The molecule has 14 heavy (non-hydrogen) atoms. The topological polar surface area (TPSA) is 20.3 Å². The van der Waals surface area contributed by atoms with Crippen LogP contribution in [0.3, 0.4) is 0 Å². The first-order valence-corrected chi connectivity index (χ1v) is 5.68. The van der Waals surface area contributed by atoms with Crippen LogP contribution >= 0.6 is 11.8 Å². The summed E-state index contributed by atoms with van der Waals surface area (Å²) in [6.45, 7) is 1.98. The maximum atomic E-state index is 11.8. The van der Waals surface area contributed by atoms with Crippen molar-refractivity contribution in [3.8, 4) is 0 Å². The van der Waals surface area contributed by atoms with Crippen LogP contribution in [-0.2, 0) is 4.79 Å². The number of amides is 1. The zero-order valence-corrected chi connectivity index (χ0v) is 9.17. The third-order valence-electron chi connectivity index (χ3n) is 2.47. The van der Waals surface area contributed by atoms with Crippen molar-refractivity contribution in [2.24, 2.45) is 5.92 Å². The summed E-state index contributed by atoms with van der Waals surface area (Å²) in [5.74, 6) is 1.19. The van der Waals surface area contributed by atoms with Gasteiger partial charge in [0.2, 0.25) is 5.91 Å². The van der Waals surface area contributed by atoms with E-state index in [0.717, 1.165) is 11.4 Å². The van der Waals surface area contributed by atoms with Gasteiger partial charge in [-0.3, -0.25) is 4.79 Å². The number of fused-ring (bicyclic) bond motifs is 1. The molecule has 1 atom stereocenters. The maximum Gasteiger partial charge on any atom is 0.230 e. The lowest BCUT2D eigenvalue weighted by molar-refractivity contribution is -0.120. The first kappa shape index (κ1) is 9.59. The third-order valence-corrected chi connectivity index (χ3v) is 3.79. The quantitative estimate of drug-likeness (QED) is 0.651. The molecule has 0 spiro atoms. The van der Waals surface area contributed by atoms with E-state index in [1.807, 2.05) is 32.2 Å². The highest BCUT2D eigenvalue weighted by atomic mass is 32.2. The van der Waals surface area contributed by atoms with Gasteiger partial charge in [-0.05, 0) is 12.1 Å². The van der Waals surface area contributed by atoms with Gasteiger partial charge in [0.05, 0.1) is 5.69 Å². The van der Waals surface area contributed by atoms with E-state index in [9.17, 15) is 4.79 Å². The van der Waals surface area contributed by atoms with Gasteiger partial charge in [0.15, 0.2) is 0 Å². The van der Waals surface area contributed by atoms with Crippen molar-refractivity contribution in [2.75, 3.05) is 17.7 Å². The van der Waals surface area contributed by atoms with Crippen LogP contribution in [0.2, 0.25) is 0 Å². The average Bonchev–Trinajstić information content (AvgIpc) is 2.32. The molecule has 0 saturated carbocycles. The molecule has 1 heterocycles. The molecule has 1 aromatic carbocycles. The molecule has 0 radical (unpaired) electrons. The predicted molar refractivity (Wildman–Crippen MR) is 59.7 cm³/mol. The average molecular weight is 207 g/mol. The molecule has 2 rings (SSSR count). The minimum absolute atomic E-state index is 0.109. The molecule has 0 saturated heterocycles. The zero-order chi connectivity index (χ0) is 10.1. The van der Waals surface area contributed by atoms with Crippen LogP contribution in [-0.4, -0.2) is 18.7 Å². The second-order valence-electron chi connectivity index (χ2n) is 3.58. The van der Waals surface area contributed by atoms with Gasteiger partial charge in [0.25, 0.3) is 0 Å². The summed E-state index contributed by atoms with van der Waals surface area (Å²) < 4.78 is 0.